The maximum absolute atomic E-state index is 11.9. The highest BCUT2D eigenvalue weighted by Crippen LogP contribution is 2.21. The maximum Gasteiger partial charge on any atom is 0.311 e. The zero-order chi connectivity index (χ0) is 15.8. The van der Waals surface area contributed by atoms with Crippen LogP contribution in [0.1, 0.15) is 51.1 Å². The number of hydrogen-bond donors (Lipinski definition) is 1. The molecule has 5 heteroatoms. The highest BCUT2D eigenvalue weighted by molar-refractivity contribution is 6.31. The summed E-state index contributed by atoms with van der Waals surface area (Å²) >= 11 is 5.98. The summed E-state index contributed by atoms with van der Waals surface area (Å²) in [5.74, 6) is -0.223. The number of rotatable bonds is 9. The third-order valence-electron chi connectivity index (χ3n) is 3.68. The number of H-pyrrole nitrogens is 1. The molecule has 0 amide bonds. The second-order valence-electron chi connectivity index (χ2n) is 5.53. The number of esters is 1. The largest absolute Gasteiger partial charge is 0.465 e. The Morgan fingerprint density at radius 2 is 2.00 bits per heavy atom. The minimum absolute atomic E-state index is 0.201. The number of carbonyl (C=O) groups is 1. The molecule has 0 aliphatic carbocycles. The van der Waals surface area contributed by atoms with Gasteiger partial charge in [0.05, 0.1) is 24.2 Å². The van der Waals surface area contributed by atoms with Gasteiger partial charge in [-0.2, -0.15) is 5.10 Å². The van der Waals surface area contributed by atoms with Gasteiger partial charge in [-0.1, -0.05) is 50.6 Å². The first-order valence-corrected chi connectivity index (χ1v) is 8.36. The number of halogens is 1. The lowest BCUT2D eigenvalue weighted by atomic mass is 10.1. The third-order valence-corrected chi connectivity index (χ3v) is 3.91. The Balaban J connectivity index is 1.73. The fraction of sp³-hybridized carbons (Fsp3) is 0.529. The predicted octanol–water partition coefficient (Wildman–Crippen LogP) is 4.66. The summed E-state index contributed by atoms with van der Waals surface area (Å²) < 4.78 is 5.28. The number of benzene rings is 1. The first-order valence-electron chi connectivity index (χ1n) is 7.99. The van der Waals surface area contributed by atoms with E-state index in [1.807, 2.05) is 12.1 Å². The van der Waals surface area contributed by atoms with Gasteiger partial charge in [-0.3, -0.25) is 9.89 Å². The van der Waals surface area contributed by atoms with Crippen molar-refractivity contribution in [1.29, 1.82) is 0 Å². The monoisotopic (exact) mass is 322 g/mol. The molecule has 1 aromatic carbocycles. The summed E-state index contributed by atoms with van der Waals surface area (Å²) in [6, 6.07) is 5.43. The van der Waals surface area contributed by atoms with Crippen LogP contribution in [0.4, 0.5) is 0 Å². The normalized spacial score (nSPS) is 11.0. The van der Waals surface area contributed by atoms with Gasteiger partial charge in [0.25, 0.3) is 0 Å². The van der Waals surface area contributed by atoms with Crippen LogP contribution in [0.2, 0.25) is 5.02 Å². The Kier molecular flexibility index (Phi) is 6.72. The van der Waals surface area contributed by atoms with Crippen LogP contribution in [0.5, 0.6) is 0 Å². The van der Waals surface area contributed by atoms with Crippen molar-refractivity contribution in [3.05, 3.63) is 28.9 Å². The van der Waals surface area contributed by atoms with E-state index < -0.39 is 0 Å². The number of unbranched alkanes of at least 4 members (excludes halogenated alkanes) is 5. The Hall–Kier alpha value is -1.55. The van der Waals surface area contributed by atoms with E-state index in [4.69, 9.17) is 16.3 Å². The van der Waals surface area contributed by atoms with Gasteiger partial charge in [-0.25, -0.2) is 0 Å². The fourth-order valence-electron chi connectivity index (χ4n) is 2.43. The lowest BCUT2D eigenvalue weighted by Crippen LogP contribution is -2.09. The molecule has 1 aromatic heterocycles. The van der Waals surface area contributed by atoms with E-state index in [1.165, 1.54) is 25.7 Å². The number of ether oxygens (including phenoxy) is 1. The highest BCUT2D eigenvalue weighted by atomic mass is 35.5. The predicted molar refractivity (Wildman–Crippen MR) is 89.1 cm³/mol. The number of carbonyl (C=O) groups excluding carboxylic acids is 1. The fourth-order valence-corrected chi connectivity index (χ4v) is 2.61. The summed E-state index contributed by atoms with van der Waals surface area (Å²) in [6.45, 7) is 2.70. The molecule has 0 bridgehead atoms. The summed E-state index contributed by atoms with van der Waals surface area (Å²) in [4.78, 5) is 11.9. The maximum atomic E-state index is 11.9. The number of nitrogens with one attached hydrogen (secondary N) is 1. The van der Waals surface area contributed by atoms with E-state index in [1.54, 1.807) is 6.07 Å². The number of nitrogens with zero attached hydrogens (tertiary/aromatic N) is 1. The third kappa shape index (κ3) is 5.02. The van der Waals surface area contributed by atoms with E-state index in [-0.39, 0.29) is 12.4 Å². The van der Waals surface area contributed by atoms with Gasteiger partial charge < -0.3 is 4.74 Å². The second kappa shape index (κ2) is 8.79. The van der Waals surface area contributed by atoms with Gasteiger partial charge in [-0.15, -0.1) is 0 Å². The molecule has 120 valence electrons. The quantitative estimate of drug-likeness (QED) is 0.539. The van der Waals surface area contributed by atoms with Crippen LogP contribution in [0.25, 0.3) is 10.9 Å². The number of aromatic nitrogens is 2. The molecule has 0 radical (unpaired) electrons. The topological polar surface area (TPSA) is 55.0 Å². The van der Waals surface area contributed by atoms with Crippen LogP contribution < -0.4 is 0 Å². The number of hydrogen-bond acceptors (Lipinski definition) is 3. The van der Waals surface area contributed by atoms with E-state index in [0.29, 0.717) is 11.6 Å². The lowest BCUT2D eigenvalue weighted by Gasteiger charge is -2.04. The standard InChI is InChI=1S/C17H23ClN2O2/c1-2-3-4-5-6-7-10-22-17(21)12-16-14-11-13(18)8-9-15(14)19-20-16/h8-9,11H,2-7,10,12H2,1H3,(H,19,20). The van der Waals surface area contributed by atoms with Crippen molar-refractivity contribution in [3.63, 3.8) is 0 Å². The molecule has 0 unspecified atom stereocenters. The first kappa shape index (κ1) is 16.8. The van der Waals surface area contributed by atoms with Crippen LogP contribution in [-0.2, 0) is 16.0 Å². The average Bonchev–Trinajstić information content (AvgIpc) is 2.88. The lowest BCUT2D eigenvalue weighted by molar-refractivity contribution is -0.143. The SMILES string of the molecule is CCCCCCCCOC(=O)Cc1[nH]nc2ccc(Cl)cc12. The molecule has 22 heavy (non-hydrogen) atoms. The van der Waals surface area contributed by atoms with Gasteiger partial charge >= 0.3 is 5.97 Å². The Morgan fingerprint density at radius 3 is 2.82 bits per heavy atom. The van der Waals surface area contributed by atoms with Crippen LogP contribution >= 0.6 is 11.6 Å². The van der Waals surface area contributed by atoms with Gasteiger partial charge in [0.2, 0.25) is 0 Å². The molecule has 1 N–H and O–H groups in total. The van der Waals surface area contributed by atoms with Crippen molar-refractivity contribution in [2.75, 3.05) is 6.61 Å². The van der Waals surface area contributed by atoms with Crippen LogP contribution in [-0.4, -0.2) is 22.8 Å². The van der Waals surface area contributed by atoms with Crippen molar-refractivity contribution >= 4 is 28.5 Å². The smallest absolute Gasteiger partial charge is 0.311 e. The summed E-state index contributed by atoms with van der Waals surface area (Å²) in [5, 5.41) is 8.56. The molecule has 1 heterocycles. The number of fused-ring (bicyclic) bond motifs is 1. The van der Waals surface area contributed by atoms with E-state index in [9.17, 15) is 4.79 Å². The van der Waals surface area contributed by atoms with Crippen molar-refractivity contribution < 1.29 is 9.53 Å². The molecule has 0 spiro atoms. The molecular formula is C17H23ClN2O2. The van der Waals surface area contributed by atoms with Crippen LogP contribution in [0, 0.1) is 0 Å². The highest BCUT2D eigenvalue weighted by Gasteiger charge is 2.11. The van der Waals surface area contributed by atoms with Crippen LogP contribution in [0.3, 0.4) is 0 Å². The summed E-state index contributed by atoms with van der Waals surface area (Å²) in [7, 11) is 0. The summed E-state index contributed by atoms with van der Waals surface area (Å²) in [5.41, 5.74) is 1.56. The zero-order valence-corrected chi connectivity index (χ0v) is 13.8. The molecule has 0 saturated carbocycles. The van der Waals surface area contributed by atoms with E-state index in [0.717, 1.165) is 29.4 Å². The van der Waals surface area contributed by atoms with Gasteiger partial charge in [0.1, 0.15) is 0 Å². The van der Waals surface area contributed by atoms with E-state index >= 15 is 0 Å². The molecule has 0 atom stereocenters. The molecule has 0 aliphatic rings. The van der Waals surface area contributed by atoms with Crippen molar-refractivity contribution in [2.24, 2.45) is 0 Å². The van der Waals surface area contributed by atoms with Crippen molar-refractivity contribution in [1.82, 2.24) is 10.2 Å². The Morgan fingerprint density at radius 1 is 1.23 bits per heavy atom. The molecule has 0 fully saturated rings. The minimum atomic E-state index is -0.223. The van der Waals surface area contributed by atoms with E-state index in [2.05, 4.69) is 17.1 Å². The van der Waals surface area contributed by atoms with Crippen molar-refractivity contribution in [3.8, 4) is 0 Å². The van der Waals surface area contributed by atoms with Crippen LogP contribution in [0.15, 0.2) is 18.2 Å². The summed E-state index contributed by atoms with van der Waals surface area (Å²) in [6.07, 6.45) is 7.28. The molecule has 0 aliphatic heterocycles. The first-order chi connectivity index (χ1) is 10.7. The Bertz CT molecular complexity index is 610. The molecular weight excluding hydrogens is 300 g/mol. The molecule has 0 saturated heterocycles. The minimum Gasteiger partial charge on any atom is -0.465 e. The Labute approximate surface area is 136 Å². The molecule has 4 nitrogen and oxygen atoms in total. The second-order valence-corrected chi connectivity index (χ2v) is 5.97. The van der Waals surface area contributed by atoms with Gasteiger partial charge in [0, 0.05) is 10.4 Å². The average molecular weight is 323 g/mol. The number of aromatic amines is 1. The zero-order valence-electron chi connectivity index (χ0n) is 13.0. The van der Waals surface area contributed by atoms with Gasteiger partial charge in [0.15, 0.2) is 0 Å². The molecule has 2 aromatic rings. The van der Waals surface area contributed by atoms with Gasteiger partial charge in [-0.05, 0) is 24.6 Å². The molecule has 2 rings (SSSR count). The van der Waals surface area contributed by atoms with Crippen molar-refractivity contribution in [2.45, 2.75) is 51.9 Å².